The highest BCUT2D eigenvalue weighted by atomic mass is 16.5. The van der Waals surface area contributed by atoms with Gasteiger partial charge in [0.2, 0.25) is 0 Å². The highest BCUT2D eigenvalue weighted by molar-refractivity contribution is 5.89. The number of benzene rings is 1. The number of hydrogen-bond acceptors (Lipinski definition) is 3. The van der Waals surface area contributed by atoms with E-state index in [1.165, 1.54) is 5.57 Å². The molecule has 3 rings (SSSR count). The fourth-order valence-corrected chi connectivity index (χ4v) is 4.20. The van der Waals surface area contributed by atoms with E-state index in [0.29, 0.717) is 5.56 Å². The number of ether oxygens (including phenoxy) is 1. The van der Waals surface area contributed by atoms with E-state index in [4.69, 9.17) is 4.74 Å². The summed E-state index contributed by atoms with van der Waals surface area (Å²) in [5.41, 5.74) is 2.89. The SMILES string of the molecule is CC1=C2CCCC[C@H](OC(=O)c3ccccc3)[C@@]2(C)CC[C@H]1O. The van der Waals surface area contributed by atoms with Crippen LogP contribution in [-0.4, -0.2) is 23.3 Å². The lowest BCUT2D eigenvalue weighted by atomic mass is 9.66. The Labute approximate surface area is 138 Å². The fraction of sp³-hybridized carbons (Fsp3) is 0.550. The second kappa shape index (κ2) is 6.48. The third-order valence-corrected chi connectivity index (χ3v) is 5.71. The fourth-order valence-electron chi connectivity index (χ4n) is 4.20. The zero-order chi connectivity index (χ0) is 16.4. The summed E-state index contributed by atoms with van der Waals surface area (Å²) >= 11 is 0. The predicted octanol–water partition coefficient (Wildman–Crippen LogP) is 4.26. The van der Waals surface area contributed by atoms with Crippen LogP contribution in [0.1, 0.15) is 62.7 Å². The van der Waals surface area contributed by atoms with Crippen molar-refractivity contribution in [2.45, 2.75) is 64.6 Å². The van der Waals surface area contributed by atoms with Crippen LogP contribution < -0.4 is 0 Å². The number of rotatable bonds is 2. The third-order valence-electron chi connectivity index (χ3n) is 5.71. The largest absolute Gasteiger partial charge is 0.458 e. The number of carbonyl (C=O) groups is 1. The molecule has 23 heavy (non-hydrogen) atoms. The van der Waals surface area contributed by atoms with E-state index in [9.17, 15) is 9.90 Å². The Bertz CT molecular complexity index is 605. The van der Waals surface area contributed by atoms with Crippen molar-refractivity contribution in [2.75, 3.05) is 0 Å². The Morgan fingerprint density at radius 3 is 2.70 bits per heavy atom. The van der Waals surface area contributed by atoms with Crippen molar-refractivity contribution >= 4 is 5.97 Å². The summed E-state index contributed by atoms with van der Waals surface area (Å²) in [5, 5.41) is 10.2. The average molecular weight is 314 g/mol. The summed E-state index contributed by atoms with van der Waals surface area (Å²) in [6.45, 7) is 4.25. The van der Waals surface area contributed by atoms with Crippen LogP contribution >= 0.6 is 0 Å². The van der Waals surface area contributed by atoms with E-state index in [0.717, 1.165) is 44.1 Å². The molecule has 0 bridgehead atoms. The summed E-state index contributed by atoms with van der Waals surface area (Å²) in [6, 6.07) is 9.22. The molecule has 0 aliphatic heterocycles. The minimum absolute atomic E-state index is 0.102. The first kappa shape index (κ1) is 16.3. The van der Waals surface area contributed by atoms with Crippen molar-refractivity contribution < 1.29 is 14.6 Å². The molecule has 1 aromatic rings. The van der Waals surface area contributed by atoms with Crippen molar-refractivity contribution in [3.8, 4) is 0 Å². The lowest BCUT2D eigenvalue weighted by Gasteiger charge is -2.43. The maximum absolute atomic E-state index is 12.5. The van der Waals surface area contributed by atoms with Gasteiger partial charge < -0.3 is 9.84 Å². The Balaban J connectivity index is 1.88. The van der Waals surface area contributed by atoms with Gasteiger partial charge in [-0.25, -0.2) is 4.79 Å². The first-order chi connectivity index (χ1) is 11.0. The van der Waals surface area contributed by atoms with Crippen LogP contribution in [-0.2, 0) is 4.74 Å². The minimum atomic E-state index is -0.332. The molecule has 0 heterocycles. The van der Waals surface area contributed by atoms with E-state index >= 15 is 0 Å². The zero-order valence-electron chi connectivity index (χ0n) is 14.0. The van der Waals surface area contributed by atoms with E-state index in [2.05, 4.69) is 6.92 Å². The number of aliphatic hydroxyl groups excluding tert-OH is 1. The van der Waals surface area contributed by atoms with Gasteiger partial charge in [0.1, 0.15) is 6.10 Å². The van der Waals surface area contributed by atoms with Crippen LogP contribution in [0.3, 0.4) is 0 Å². The predicted molar refractivity (Wildman–Crippen MR) is 90.2 cm³/mol. The molecule has 3 heteroatoms. The molecule has 1 N–H and O–H groups in total. The Hall–Kier alpha value is -1.61. The van der Waals surface area contributed by atoms with Gasteiger partial charge in [0, 0.05) is 5.41 Å². The lowest BCUT2D eigenvalue weighted by Crippen LogP contribution is -2.41. The van der Waals surface area contributed by atoms with Gasteiger partial charge in [0.15, 0.2) is 0 Å². The highest BCUT2D eigenvalue weighted by Crippen LogP contribution is 2.49. The van der Waals surface area contributed by atoms with Crippen molar-refractivity contribution in [3.05, 3.63) is 47.0 Å². The monoisotopic (exact) mass is 314 g/mol. The van der Waals surface area contributed by atoms with Crippen LogP contribution in [0.4, 0.5) is 0 Å². The highest BCUT2D eigenvalue weighted by Gasteiger charge is 2.45. The van der Waals surface area contributed by atoms with Crippen molar-refractivity contribution in [3.63, 3.8) is 0 Å². The van der Waals surface area contributed by atoms with Crippen LogP contribution in [0.2, 0.25) is 0 Å². The second-order valence-electron chi connectivity index (χ2n) is 7.14. The van der Waals surface area contributed by atoms with E-state index in [1.807, 2.05) is 25.1 Å². The molecule has 0 spiro atoms. The molecule has 0 amide bonds. The molecule has 1 saturated carbocycles. The number of carbonyl (C=O) groups excluding carboxylic acids is 1. The van der Waals surface area contributed by atoms with Gasteiger partial charge in [-0.05, 0) is 63.2 Å². The number of fused-ring (bicyclic) bond motifs is 1. The molecule has 0 saturated heterocycles. The Kier molecular flexibility index (Phi) is 4.58. The third kappa shape index (κ3) is 3.07. The van der Waals surface area contributed by atoms with Crippen LogP contribution in [0.15, 0.2) is 41.5 Å². The van der Waals surface area contributed by atoms with Gasteiger partial charge in [-0.1, -0.05) is 30.7 Å². The normalized spacial score (nSPS) is 31.3. The smallest absolute Gasteiger partial charge is 0.338 e. The van der Waals surface area contributed by atoms with Gasteiger partial charge in [0.25, 0.3) is 0 Å². The minimum Gasteiger partial charge on any atom is -0.458 e. The van der Waals surface area contributed by atoms with Gasteiger partial charge in [-0.15, -0.1) is 0 Å². The van der Waals surface area contributed by atoms with E-state index in [1.54, 1.807) is 12.1 Å². The molecule has 1 aromatic carbocycles. The number of aliphatic hydroxyl groups is 1. The van der Waals surface area contributed by atoms with Gasteiger partial charge >= 0.3 is 5.97 Å². The van der Waals surface area contributed by atoms with Gasteiger partial charge in [-0.2, -0.15) is 0 Å². The van der Waals surface area contributed by atoms with Crippen molar-refractivity contribution in [1.29, 1.82) is 0 Å². The average Bonchev–Trinajstić information content (AvgIpc) is 2.72. The molecule has 3 nitrogen and oxygen atoms in total. The van der Waals surface area contributed by atoms with Crippen LogP contribution in [0, 0.1) is 5.41 Å². The molecule has 124 valence electrons. The number of hydrogen-bond donors (Lipinski definition) is 1. The van der Waals surface area contributed by atoms with E-state index in [-0.39, 0.29) is 23.6 Å². The summed E-state index contributed by atoms with van der Waals surface area (Å²) in [5.74, 6) is -0.234. The van der Waals surface area contributed by atoms with Crippen LogP contribution in [0.5, 0.6) is 0 Å². The van der Waals surface area contributed by atoms with Gasteiger partial charge in [-0.3, -0.25) is 0 Å². The lowest BCUT2D eigenvalue weighted by molar-refractivity contribution is -0.0138. The summed E-state index contributed by atoms with van der Waals surface area (Å²) in [6.07, 6.45) is 5.29. The standard InChI is InChI=1S/C20H26O3/c1-14-16-10-6-7-11-18(20(16,2)13-12-17(14)21)23-19(22)15-8-4-3-5-9-15/h3-5,8-9,17-18,21H,6-7,10-13H2,1-2H3/t17-,18+,20+/m1/s1. The first-order valence-electron chi connectivity index (χ1n) is 8.66. The van der Waals surface area contributed by atoms with Gasteiger partial charge in [0.05, 0.1) is 11.7 Å². The molecule has 0 unspecified atom stereocenters. The molecular weight excluding hydrogens is 288 g/mol. The Morgan fingerprint density at radius 1 is 1.22 bits per heavy atom. The molecule has 2 aliphatic rings. The molecule has 2 aliphatic carbocycles. The maximum atomic E-state index is 12.5. The molecule has 0 aromatic heterocycles. The second-order valence-corrected chi connectivity index (χ2v) is 7.14. The molecular formula is C20H26O3. The summed E-state index contributed by atoms with van der Waals surface area (Å²) in [4.78, 5) is 12.5. The molecule has 1 fully saturated rings. The Morgan fingerprint density at radius 2 is 1.96 bits per heavy atom. The summed E-state index contributed by atoms with van der Waals surface area (Å²) < 4.78 is 5.96. The van der Waals surface area contributed by atoms with E-state index < -0.39 is 0 Å². The quantitative estimate of drug-likeness (QED) is 0.655. The maximum Gasteiger partial charge on any atom is 0.338 e. The van der Waals surface area contributed by atoms with Crippen molar-refractivity contribution in [2.24, 2.45) is 5.41 Å². The summed E-state index contributed by atoms with van der Waals surface area (Å²) in [7, 11) is 0. The first-order valence-corrected chi connectivity index (χ1v) is 8.66. The van der Waals surface area contributed by atoms with Crippen molar-refractivity contribution in [1.82, 2.24) is 0 Å². The number of esters is 1. The zero-order valence-corrected chi connectivity index (χ0v) is 14.0. The molecule has 3 atom stereocenters. The topological polar surface area (TPSA) is 46.5 Å². The molecule has 0 radical (unpaired) electrons. The van der Waals surface area contributed by atoms with Crippen LogP contribution in [0.25, 0.3) is 0 Å².